The normalized spacial score (nSPS) is 10.7. The first-order chi connectivity index (χ1) is 7.41. The molecule has 1 aromatic heterocycles. The second-order valence-electron chi connectivity index (χ2n) is 3.31. The van der Waals surface area contributed by atoms with Crippen LogP contribution in [0.1, 0.15) is 10.5 Å². The van der Waals surface area contributed by atoms with Crippen molar-refractivity contribution in [3.63, 3.8) is 0 Å². The van der Waals surface area contributed by atoms with Crippen LogP contribution in [-0.2, 0) is 7.05 Å². The summed E-state index contributed by atoms with van der Waals surface area (Å²) < 4.78 is 1.20. The van der Waals surface area contributed by atoms with Gasteiger partial charge in [-0.15, -0.1) is 0 Å². The van der Waals surface area contributed by atoms with E-state index in [1.807, 2.05) is 0 Å². The molecule has 0 saturated heterocycles. The lowest BCUT2D eigenvalue weighted by Gasteiger charge is -2.00. The van der Waals surface area contributed by atoms with Crippen molar-refractivity contribution in [2.24, 2.45) is 12.0 Å². The average molecular weight is 225 g/mol. The van der Waals surface area contributed by atoms with Crippen LogP contribution < -0.4 is 0 Å². The maximum Gasteiger partial charge on any atom is 0.320 e. The van der Waals surface area contributed by atoms with Gasteiger partial charge < -0.3 is 4.90 Å². The largest absolute Gasteiger partial charge is 0.369 e. The van der Waals surface area contributed by atoms with Crippen LogP contribution in [0.2, 0.25) is 0 Å². The summed E-state index contributed by atoms with van der Waals surface area (Å²) in [6, 6.07) is 0. The average Bonchev–Trinajstić information content (AvgIpc) is 2.56. The van der Waals surface area contributed by atoms with Gasteiger partial charge in [-0.1, -0.05) is 0 Å². The van der Waals surface area contributed by atoms with E-state index >= 15 is 0 Å². The molecule has 1 heterocycles. The lowest BCUT2D eigenvalue weighted by molar-refractivity contribution is -0.385. The van der Waals surface area contributed by atoms with E-state index in [-0.39, 0.29) is 11.4 Å². The molecular weight excluding hydrogens is 214 g/mol. The van der Waals surface area contributed by atoms with Gasteiger partial charge in [-0.05, 0) is 0 Å². The summed E-state index contributed by atoms with van der Waals surface area (Å²) >= 11 is 0. The van der Waals surface area contributed by atoms with E-state index < -0.39 is 10.8 Å². The van der Waals surface area contributed by atoms with Gasteiger partial charge in [0.2, 0.25) is 5.69 Å². The minimum Gasteiger partial charge on any atom is -0.369 e. The highest BCUT2D eigenvalue weighted by Crippen LogP contribution is 2.16. The first-order valence-corrected chi connectivity index (χ1v) is 4.35. The topological polar surface area (TPSA) is 93.6 Å². The van der Waals surface area contributed by atoms with Crippen LogP contribution in [0.3, 0.4) is 0 Å². The number of carbonyl (C=O) groups is 1. The molecular formula is C8H11N5O3. The van der Waals surface area contributed by atoms with Crippen molar-refractivity contribution in [1.82, 2.24) is 14.7 Å². The summed E-state index contributed by atoms with van der Waals surface area (Å²) in [5, 5.41) is 14.3. The Labute approximate surface area is 91.3 Å². The number of hydrogen-bond donors (Lipinski definition) is 0. The Bertz CT molecular complexity index is 449. The molecule has 0 aliphatic heterocycles. The van der Waals surface area contributed by atoms with Crippen LogP contribution in [0.5, 0.6) is 0 Å². The molecule has 0 aliphatic carbocycles. The Morgan fingerprint density at radius 3 is 2.81 bits per heavy atom. The Hall–Kier alpha value is -2.25. The molecule has 1 aromatic rings. The molecule has 86 valence electrons. The van der Waals surface area contributed by atoms with Crippen LogP contribution in [0.4, 0.5) is 5.69 Å². The minimum absolute atomic E-state index is 0.259. The van der Waals surface area contributed by atoms with Gasteiger partial charge in [-0.3, -0.25) is 19.6 Å². The van der Waals surface area contributed by atoms with Crippen LogP contribution in [-0.4, -0.2) is 45.9 Å². The lowest BCUT2D eigenvalue weighted by Crippen LogP contribution is -2.10. The van der Waals surface area contributed by atoms with Gasteiger partial charge in [-0.25, -0.2) is 0 Å². The van der Waals surface area contributed by atoms with E-state index in [9.17, 15) is 14.9 Å². The molecule has 1 rings (SSSR count). The molecule has 0 radical (unpaired) electrons. The van der Waals surface area contributed by atoms with E-state index in [1.165, 1.54) is 24.3 Å². The monoisotopic (exact) mass is 225 g/mol. The highest BCUT2D eigenvalue weighted by atomic mass is 16.6. The fraction of sp³-hybridized carbons (Fsp3) is 0.375. The van der Waals surface area contributed by atoms with Gasteiger partial charge >= 0.3 is 11.6 Å². The molecule has 8 nitrogen and oxygen atoms in total. The van der Waals surface area contributed by atoms with Crippen molar-refractivity contribution in [3.8, 4) is 0 Å². The van der Waals surface area contributed by atoms with E-state index in [1.54, 1.807) is 19.0 Å². The number of nitrogens with zero attached hydrogens (tertiary/aromatic N) is 5. The van der Waals surface area contributed by atoms with Gasteiger partial charge in [0.05, 0.1) is 11.3 Å². The van der Waals surface area contributed by atoms with E-state index in [4.69, 9.17) is 0 Å². The second kappa shape index (κ2) is 4.51. The molecule has 0 N–H and O–H groups in total. The number of hydrogen-bond acceptors (Lipinski definition) is 4. The van der Waals surface area contributed by atoms with Crippen molar-refractivity contribution in [2.45, 2.75) is 0 Å². The number of rotatable bonds is 3. The number of carbonyl (C=O) groups excluding carboxylic acids is 1. The minimum atomic E-state index is -0.735. The highest BCUT2D eigenvalue weighted by molar-refractivity contribution is 6.00. The Balaban J connectivity index is 3.04. The third-order valence-electron chi connectivity index (χ3n) is 1.61. The van der Waals surface area contributed by atoms with Crippen LogP contribution in [0.25, 0.3) is 0 Å². The number of nitro groups is 1. The molecule has 0 atom stereocenters. The molecule has 16 heavy (non-hydrogen) atoms. The zero-order chi connectivity index (χ0) is 12.3. The van der Waals surface area contributed by atoms with Crippen LogP contribution in [0.15, 0.2) is 11.2 Å². The molecule has 0 aromatic carbocycles. The third kappa shape index (κ3) is 2.62. The van der Waals surface area contributed by atoms with Crippen molar-refractivity contribution in [1.29, 1.82) is 0 Å². The summed E-state index contributed by atoms with van der Waals surface area (Å²) in [7, 11) is 4.87. The molecule has 0 aliphatic rings. The standard InChI is InChI=1S/C8H11N5O3/c1-11(2)5-9-8(14)7-6(13(15)16)4-12(3)10-7/h4-5H,1-3H3. The molecule has 0 bridgehead atoms. The number of amides is 1. The zero-order valence-corrected chi connectivity index (χ0v) is 9.12. The quantitative estimate of drug-likeness (QED) is 0.314. The lowest BCUT2D eigenvalue weighted by atomic mass is 10.3. The fourth-order valence-corrected chi connectivity index (χ4v) is 0.991. The molecule has 0 saturated carbocycles. The Morgan fingerprint density at radius 1 is 1.69 bits per heavy atom. The summed E-state index contributed by atoms with van der Waals surface area (Å²) in [4.78, 5) is 26.5. The summed E-state index contributed by atoms with van der Waals surface area (Å²) in [5.41, 5.74) is -0.603. The number of aliphatic imine (C=N–C) groups is 1. The van der Waals surface area contributed by atoms with Gasteiger partial charge in [-0.2, -0.15) is 10.1 Å². The third-order valence-corrected chi connectivity index (χ3v) is 1.61. The number of aryl methyl sites for hydroxylation is 1. The van der Waals surface area contributed by atoms with Crippen molar-refractivity contribution in [3.05, 3.63) is 22.0 Å². The summed E-state index contributed by atoms with van der Waals surface area (Å²) in [6.45, 7) is 0. The molecule has 0 unspecified atom stereocenters. The van der Waals surface area contributed by atoms with Crippen molar-refractivity contribution >= 4 is 17.9 Å². The summed E-state index contributed by atoms with van der Waals surface area (Å²) in [5.74, 6) is -0.735. The first kappa shape index (κ1) is 11.8. The number of aromatic nitrogens is 2. The second-order valence-corrected chi connectivity index (χ2v) is 3.31. The predicted octanol–water partition coefficient (Wildman–Crippen LogP) is 0.0584. The molecule has 8 heteroatoms. The summed E-state index contributed by atoms with van der Waals surface area (Å²) in [6.07, 6.45) is 2.43. The fourth-order valence-electron chi connectivity index (χ4n) is 0.991. The van der Waals surface area contributed by atoms with Gasteiger partial charge in [0, 0.05) is 21.1 Å². The van der Waals surface area contributed by atoms with E-state index in [2.05, 4.69) is 10.1 Å². The maximum atomic E-state index is 11.5. The molecule has 0 spiro atoms. The van der Waals surface area contributed by atoms with E-state index in [0.717, 1.165) is 0 Å². The Morgan fingerprint density at radius 2 is 2.31 bits per heavy atom. The zero-order valence-electron chi connectivity index (χ0n) is 9.12. The Kier molecular flexibility index (Phi) is 3.33. The van der Waals surface area contributed by atoms with Gasteiger partial charge in [0.25, 0.3) is 0 Å². The van der Waals surface area contributed by atoms with Crippen LogP contribution in [0, 0.1) is 10.1 Å². The first-order valence-electron chi connectivity index (χ1n) is 4.35. The molecule has 0 fully saturated rings. The smallest absolute Gasteiger partial charge is 0.320 e. The predicted molar refractivity (Wildman–Crippen MR) is 56.4 cm³/mol. The van der Waals surface area contributed by atoms with Crippen LogP contribution >= 0.6 is 0 Å². The van der Waals surface area contributed by atoms with E-state index in [0.29, 0.717) is 0 Å². The van der Waals surface area contributed by atoms with Gasteiger partial charge in [0.15, 0.2) is 0 Å². The maximum absolute atomic E-state index is 11.5. The highest BCUT2D eigenvalue weighted by Gasteiger charge is 2.24. The SMILES string of the molecule is CN(C)C=NC(=O)c1nn(C)cc1[N+](=O)[O-]. The van der Waals surface area contributed by atoms with Crippen molar-refractivity contribution in [2.75, 3.05) is 14.1 Å². The van der Waals surface area contributed by atoms with Gasteiger partial charge in [0.1, 0.15) is 6.20 Å². The molecule has 1 amide bonds. The van der Waals surface area contributed by atoms with Crippen molar-refractivity contribution < 1.29 is 9.72 Å².